The molecule has 0 bridgehead atoms. The Balaban J connectivity index is 1.20. The van der Waals surface area contributed by atoms with E-state index in [2.05, 4.69) is 40.2 Å². The van der Waals surface area contributed by atoms with E-state index in [0.717, 1.165) is 38.2 Å². The lowest BCUT2D eigenvalue weighted by Gasteiger charge is -2.37. The second-order valence-electron chi connectivity index (χ2n) is 9.73. The zero-order chi connectivity index (χ0) is 21.5. The fourth-order valence-corrected chi connectivity index (χ4v) is 5.71. The predicted molar refractivity (Wildman–Crippen MR) is 120 cm³/mol. The van der Waals surface area contributed by atoms with Gasteiger partial charge in [0, 0.05) is 24.0 Å². The van der Waals surface area contributed by atoms with Crippen LogP contribution in [0.15, 0.2) is 30.3 Å². The van der Waals surface area contributed by atoms with Crippen LogP contribution in [0.5, 0.6) is 5.75 Å². The smallest absolute Gasteiger partial charge is 0.348 e. The molecule has 1 spiro atoms. The van der Waals surface area contributed by atoms with Crippen LogP contribution in [-0.2, 0) is 9.74 Å². The molecule has 0 amide bonds. The van der Waals surface area contributed by atoms with Crippen LogP contribution in [0.25, 0.3) is 5.57 Å². The van der Waals surface area contributed by atoms with Gasteiger partial charge in [0.15, 0.2) is 0 Å². The summed E-state index contributed by atoms with van der Waals surface area (Å²) in [6.07, 6.45) is 16.3. The standard InChI is InChI=1S/C26H36FNO3/c27-31-25(29)5-1-4-18-28-19-12-22(13-20-28)21-6-8-23(9-7-21)30-24-10-16-26(17-11-24)14-2-3-15-26/h6-9,12,24H,1-5,10-11,13-20H2. The average Bonchev–Trinajstić information content (AvgIpc) is 3.27. The van der Waals surface area contributed by atoms with Crippen molar-refractivity contribution in [3.63, 3.8) is 0 Å². The van der Waals surface area contributed by atoms with E-state index in [4.69, 9.17) is 4.74 Å². The first kappa shape index (κ1) is 22.3. The normalized spacial score (nSPS) is 21.8. The molecule has 4 rings (SSSR count). The summed E-state index contributed by atoms with van der Waals surface area (Å²) in [7, 11) is 0. The molecule has 1 aromatic carbocycles. The van der Waals surface area contributed by atoms with Gasteiger partial charge in [-0.25, -0.2) is 4.79 Å². The molecule has 0 saturated heterocycles. The van der Waals surface area contributed by atoms with Crippen LogP contribution in [0.2, 0.25) is 0 Å². The Hall–Kier alpha value is -1.88. The molecule has 31 heavy (non-hydrogen) atoms. The average molecular weight is 430 g/mol. The largest absolute Gasteiger partial charge is 0.490 e. The molecular formula is C26H36FNO3. The zero-order valence-corrected chi connectivity index (χ0v) is 18.6. The highest BCUT2D eigenvalue weighted by Gasteiger charge is 2.38. The number of rotatable bonds is 8. The van der Waals surface area contributed by atoms with Gasteiger partial charge in [0.2, 0.25) is 0 Å². The highest BCUT2D eigenvalue weighted by Crippen LogP contribution is 2.49. The molecule has 2 fully saturated rings. The molecule has 2 aliphatic carbocycles. The first-order valence-electron chi connectivity index (χ1n) is 12.2. The summed E-state index contributed by atoms with van der Waals surface area (Å²) >= 11 is 0. The lowest BCUT2D eigenvalue weighted by molar-refractivity contribution is -0.183. The number of ether oxygens (including phenoxy) is 1. The van der Waals surface area contributed by atoms with Crippen LogP contribution in [0.4, 0.5) is 4.53 Å². The van der Waals surface area contributed by atoms with Gasteiger partial charge < -0.3 is 4.74 Å². The van der Waals surface area contributed by atoms with Crippen molar-refractivity contribution in [3.05, 3.63) is 35.9 Å². The summed E-state index contributed by atoms with van der Waals surface area (Å²) in [5, 5.41) is 0. The fraction of sp³-hybridized carbons (Fsp3) is 0.654. The minimum atomic E-state index is -0.769. The first-order chi connectivity index (χ1) is 15.2. The molecule has 1 aromatic rings. The maximum absolute atomic E-state index is 11.7. The molecule has 0 radical (unpaired) electrons. The van der Waals surface area contributed by atoms with Crippen LogP contribution < -0.4 is 4.74 Å². The summed E-state index contributed by atoms with van der Waals surface area (Å²) < 4.78 is 18.0. The molecule has 4 nitrogen and oxygen atoms in total. The van der Waals surface area contributed by atoms with Crippen molar-refractivity contribution < 1.29 is 19.0 Å². The second kappa shape index (κ2) is 10.6. The monoisotopic (exact) mass is 429 g/mol. The SMILES string of the molecule is O=C(CCCCN1CC=C(c2ccc(OC3CCC4(CCCC4)CC3)cc2)CC1)OF. The number of carbonyl (C=O) groups is 1. The van der Waals surface area contributed by atoms with E-state index in [-0.39, 0.29) is 6.42 Å². The molecular weight excluding hydrogens is 393 g/mol. The molecule has 3 aliphatic rings. The highest BCUT2D eigenvalue weighted by atomic mass is 19.3. The lowest BCUT2D eigenvalue weighted by Crippen LogP contribution is -2.30. The summed E-state index contributed by atoms with van der Waals surface area (Å²) in [4.78, 5) is 16.4. The van der Waals surface area contributed by atoms with Gasteiger partial charge in [-0.15, -0.1) is 0 Å². The van der Waals surface area contributed by atoms with Crippen LogP contribution in [0, 0.1) is 5.41 Å². The van der Waals surface area contributed by atoms with E-state index < -0.39 is 5.97 Å². The van der Waals surface area contributed by atoms with E-state index in [1.807, 2.05) is 0 Å². The molecule has 1 heterocycles. The number of unbranched alkanes of at least 4 members (excludes halogenated alkanes) is 1. The Morgan fingerprint density at radius 3 is 2.45 bits per heavy atom. The van der Waals surface area contributed by atoms with Crippen molar-refractivity contribution in [1.82, 2.24) is 4.90 Å². The molecule has 170 valence electrons. The van der Waals surface area contributed by atoms with Crippen molar-refractivity contribution in [1.29, 1.82) is 0 Å². The van der Waals surface area contributed by atoms with Crippen molar-refractivity contribution in [2.75, 3.05) is 19.6 Å². The number of nitrogens with zero attached hydrogens (tertiary/aromatic N) is 1. The minimum Gasteiger partial charge on any atom is -0.490 e. The second-order valence-corrected chi connectivity index (χ2v) is 9.73. The van der Waals surface area contributed by atoms with Crippen molar-refractivity contribution in [2.45, 2.75) is 83.2 Å². The maximum Gasteiger partial charge on any atom is 0.348 e. The summed E-state index contributed by atoms with van der Waals surface area (Å²) in [6, 6.07) is 8.65. The van der Waals surface area contributed by atoms with E-state index >= 15 is 0 Å². The van der Waals surface area contributed by atoms with Crippen LogP contribution in [0.1, 0.15) is 82.6 Å². The Morgan fingerprint density at radius 1 is 1.06 bits per heavy atom. The van der Waals surface area contributed by atoms with E-state index in [1.165, 1.54) is 62.5 Å². The third-order valence-corrected chi connectivity index (χ3v) is 7.67. The van der Waals surface area contributed by atoms with Gasteiger partial charge >= 0.3 is 5.97 Å². The third-order valence-electron chi connectivity index (χ3n) is 7.67. The van der Waals surface area contributed by atoms with Gasteiger partial charge in [-0.3, -0.25) is 9.84 Å². The number of benzene rings is 1. The van der Waals surface area contributed by atoms with Gasteiger partial charge in [0.25, 0.3) is 0 Å². The topological polar surface area (TPSA) is 38.8 Å². The fourth-order valence-electron chi connectivity index (χ4n) is 5.71. The van der Waals surface area contributed by atoms with E-state index in [0.29, 0.717) is 17.9 Å². The number of hydrogen-bond acceptors (Lipinski definition) is 4. The Kier molecular flexibility index (Phi) is 7.65. The molecule has 0 N–H and O–H groups in total. The highest BCUT2D eigenvalue weighted by molar-refractivity contribution is 5.68. The predicted octanol–water partition coefficient (Wildman–Crippen LogP) is 6.26. The number of halogens is 1. The van der Waals surface area contributed by atoms with Gasteiger partial charge in [-0.05, 0) is 93.0 Å². The minimum absolute atomic E-state index is 0.154. The quantitative estimate of drug-likeness (QED) is 0.458. The molecule has 5 heteroatoms. The van der Waals surface area contributed by atoms with E-state index in [1.54, 1.807) is 0 Å². The maximum atomic E-state index is 11.7. The molecule has 0 aromatic heterocycles. The van der Waals surface area contributed by atoms with Crippen molar-refractivity contribution in [2.24, 2.45) is 5.41 Å². The van der Waals surface area contributed by atoms with Crippen LogP contribution >= 0.6 is 0 Å². The first-order valence-corrected chi connectivity index (χ1v) is 12.2. The van der Waals surface area contributed by atoms with E-state index in [9.17, 15) is 9.32 Å². The van der Waals surface area contributed by atoms with Crippen molar-refractivity contribution in [3.8, 4) is 5.75 Å². The van der Waals surface area contributed by atoms with Crippen LogP contribution in [0.3, 0.4) is 0 Å². The van der Waals surface area contributed by atoms with Crippen LogP contribution in [-0.4, -0.2) is 36.6 Å². The molecule has 0 unspecified atom stereocenters. The molecule has 0 atom stereocenters. The van der Waals surface area contributed by atoms with Crippen molar-refractivity contribution >= 4 is 11.5 Å². The van der Waals surface area contributed by atoms with Gasteiger partial charge in [-0.2, -0.15) is 0 Å². The summed E-state index contributed by atoms with van der Waals surface area (Å²) in [6.45, 7) is 2.87. The third kappa shape index (κ3) is 6.09. The zero-order valence-electron chi connectivity index (χ0n) is 18.6. The Morgan fingerprint density at radius 2 is 1.81 bits per heavy atom. The van der Waals surface area contributed by atoms with Gasteiger partial charge in [0.1, 0.15) is 5.75 Å². The van der Waals surface area contributed by atoms with Gasteiger partial charge in [0.05, 0.1) is 6.10 Å². The van der Waals surface area contributed by atoms with Gasteiger partial charge in [-0.1, -0.05) is 31.1 Å². The number of hydrogen-bond donors (Lipinski definition) is 0. The number of carbonyl (C=O) groups excluding carboxylic acids is 1. The Labute approximate surface area is 185 Å². The molecule has 2 saturated carbocycles. The Bertz CT molecular complexity index is 744. The summed E-state index contributed by atoms with van der Waals surface area (Å²) in [5.41, 5.74) is 3.33. The molecule has 1 aliphatic heterocycles. The lowest BCUT2D eigenvalue weighted by atomic mass is 9.72. The summed E-state index contributed by atoms with van der Waals surface area (Å²) in [5.74, 6) is 0.232.